The summed E-state index contributed by atoms with van der Waals surface area (Å²) in [4.78, 5) is 0. The molecule has 0 aromatic rings. The van der Waals surface area contributed by atoms with E-state index in [4.69, 9.17) is 0 Å². The molecule has 1 aliphatic rings. The Balaban J connectivity index is -0.000000163. The van der Waals surface area contributed by atoms with E-state index >= 15 is 0 Å². The predicted octanol–water partition coefficient (Wildman–Crippen LogP) is -7.03. The van der Waals surface area contributed by atoms with Crippen molar-refractivity contribution < 1.29 is 53.5 Å². The minimum Gasteiger partial charge on any atom is -1.00 e. The van der Waals surface area contributed by atoms with Crippen molar-refractivity contribution in [1.82, 2.24) is 0 Å². The fourth-order valence-electron chi connectivity index (χ4n) is 0.602. The zero-order valence-electron chi connectivity index (χ0n) is 5.52. The molecule has 0 unspecified atom stereocenters. The first-order chi connectivity index (χ1) is 3.43. The van der Waals surface area contributed by atoms with Crippen LogP contribution in [0, 0.1) is 0 Å². The molecule has 0 heterocycles. The van der Waals surface area contributed by atoms with Gasteiger partial charge in [0.25, 0.3) is 0 Å². The van der Waals surface area contributed by atoms with Gasteiger partial charge in [-0.05, 0) is 0 Å². The van der Waals surface area contributed by atoms with E-state index < -0.39 is 0 Å². The third-order valence-electron chi connectivity index (χ3n) is 1.04. The maximum absolute atomic E-state index is 2.29. The third-order valence-corrected chi connectivity index (χ3v) is 2.45. The molecule has 0 fully saturated rings. The second kappa shape index (κ2) is 9.93. The van der Waals surface area contributed by atoms with Crippen molar-refractivity contribution in [3.05, 3.63) is 22.5 Å². The van der Waals surface area contributed by atoms with Crippen molar-refractivity contribution in [3.63, 3.8) is 0 Å². The summed E-state index contributed by atoms with van der Waals surface area (Å²) in [5.74, 6) is 0. The summed E-state index contributed by atoms with van der Waals surface area (Å²) in [7, 11) is 0. The average Bonchev–Trinajstić information content (AvgIpc) is 2.14. The SMILES string of the molecule is [CH3][V+3][C]1=CC=CC1.[Cl-].[Cl-].[Cl-]. The molecule has 4 heteroatoms. The van der Waals surface area contributed by atoms with Crippen LogP contribution in [-0.4, -0.2) is 0 Å². The monoisotopic (exact) mass is 236 g/mol. The molecular formula is C6H8Cl3V. The van der Waals surface area contributed by atoms with Crippen LogP contribution in [-0.2, 0) is 16.3 Å². The van der Waals surface area contributed by atoms with Gasteiger partial charge in [0.1, 0.15) is 0 Å². The summed E-state index contributed by atoms with van der Waals surface area (Å²) < 4.78 is 1.65. The van der Waals surface area contributed by atoms with Crippen LogP contribution >= 0.6 is 0 Å². The fraction of sp³-hybridized carbons (Fsp3) is 0.333. The summed E-state index contributed by atoms with van der Waals surface area (Å²) in [5.41, 5.74) is 2.29. The number of allylic oxidation sites excluding steroid dienone is 4. The van der Waals surface area contributed by atoms with Crippen molar-refractivity contribution in [2.75, 3.05) is 0 Å². The van der Waals surface area contributed by atoms with E-state index in [2.05, 4.69) is 23.9 Å². The predicted molar refractivity (Wildman–Crippen MR) is 27.7 cm³/mol. The van der Waals surface area contributed by atoms with Crippen molar-refractivity contribution in [2.45, 2.75) is 12.1 Å². The maximum atomic E-state index is 2.29. The molecule has 0 spiro atoms. The van der Waals surface area contributed by atoms with E-state index in [1.165, 1.54) is 6.42 Å². The summed E-state index contributed by atoms with van der Waals surface area (Å²) in [6.45, 7) is 0. The van der Waals surface area contributed by atoms with Gasteiger partial charge in [-0.1, -0.05) is 0 Å². The van der Waals surface area contributed by atoms with Crippen LogP contribution in [0.3, 0.4) is 0 Å². The van der Waals surface area contributed by atoms with Gasteiger partial charge in [-0.25, -0.2) is 0 Å². The molecule has 0 bridgehead atoms. The van der Waals surface area contributed by atoms with Crippen LogP contribution in [0.5, 0.6) is 0 Å². The molecule has 0 aromatic heterocycles. The van der Waals surface area contributed by atoms with Gasteiger partial charge in [-0.2, -0.15) is 0 Å². The molecule has 1 aliphatic carbocycles. The Morgan fingerprint density at radius 2 is 1.90 bits per heavy atom. The van der Waals surface area contributed by atoms with Crippen molar-refractivity contribution in [2.24, 2.45) is 0 Å². The number of halogens is 3. The standard InChI is InChI=1S/C5H5.CH3.3ClH.V/c1-2-4-5-3-1;;;;;/h1-3H,4H2;1H3;3*1H;/q;;;;;+3/p-3. The van der Waals surface area contributed by atoms with Gasteiger partial charge in [-0.15, -0.1) is 0 Å². The van der Waals surface area contributed by atoms with Crippen LogP contribution < -0.4 is 37.2 Å². The summed E-state index contributed by atoms with van der Waals surface area (Å²) >= 11 is 0.523. The summed E-state index contributed by atoms with van der Waals surface area (Å²) in [6, 6.07) is 0. The second-order valence-electron chi connectivity index (χ2n) is 1.51. The maximum Gasteiger partial charge on any atom is -1.00 e. The molecule has 0 aliphatic heterocycles. The van der Waals surface area contributed by atoms with Crippen LogP contribution in [0.2, 0.25) is 5.64 Å². The Bertz CT molecular complexity index is 120. The molecule has 0 atom stereocenters. The molecule has 1 rings (SSSR count). The largest absolute Gasteiger partial charge is 1.00 e. The first kappa shape index (κ1) is 17.1. The van der Waals surface area contributed by atoms with Crippen LogP contribution in [0.4, 0.5) is 0 Å². The zero-order chi connectivity index (χ0) is 5.11. The van der Waals surface area contributed by atoms with Crippen molar-refractivity contribution >= 4 is 0 Å². The summed E-state index contributed by atoms with van der Waals surface area (Å²) in [5, 5.41) is 0. The first-order valence-electron chi connectivity index (χ1n) is 2.39. The van der Waals surface area contributed by atoms with Crippen LogP contribution in [0.25, 0.3) is 0 Å². The number of rotatable bonds is 1. The summed E-state index contributed by atoms with van der Waals surface area (Å²) in [6.07, 6.45) is 7.83. The average molecular weight is 237 g/mol. The molecule has 0 amide bonds. The normalized spacial score (nSPS) is 11.5. The van der Waals surface area contributed by atoms with Gasteiger partial charge in [0.2, 0.25) is 0 Å². The van der Waals surface area contributed by atoms with Gasteiger partial charge in [0.05, 0.1) is 0 Å². The molecule has 0 nitrogen and oxygen atoms in total. The number of hydrogen-bond acceptors (Lipinski definition) is 0. The van der Waals surface area contributed by atoms with Crippen LogP contribution in [0.1, 0.15) is 6.42 Å². The topological polar surface area (TPSA) is 0 Å². The van der Waals surface area contributed by atoms with Gasteiger partial charge in [0.15, 0.2) is 0 Å². The fourth-order valence-corrected chi connectivity index (χ4v) is 1.42. The van der Waals surface area contributed by atoms with Gasteiger partial charge in [-0.3, -0.25) is 0 Å². The Hall–Kier alpha value is 0.934. The number of hydrogen-bond donors (Lipinski definition) is 0. The Labute approximate surface area is 87.8 Å². The third kappa shape index (κ3) is 5.70. The van der Waals surface area contributed by atoms with E-state index in [0.29, 0.717) is 16.3 Å². The Morgan fingerprint density at radius 1 is 1.30 bits per heavy atom. The minimum atomic E-state index is 0. The minimum absolute atomic E-state index is 0. The van der Waals surface area contributed by atoms with Gasteiger partial charge >= 0.3 is 50.9 Å². The molecule has 0 saturated carbocycles. The van der Waals surface area contributed by atoms with Crippen molar-refractivity contribution in [3.8, 4) is 0 Å². The molecule has 10 heavy (non-hydrogen) atoms. The van der Waals surface area contributed by atoms with E-state index in [0.717, 1.165) is 0 Å². The molecule has 0 radical (unpaired) electrons. The van der Waals surface area contributed by atoms with Gasteiger partial charge < -0.3 is 37.2 Å². The molecule has 0 N–H and O–H groups in total. The molecule has 0 saturated heterocycles. The van der Waals surface area contributed by atoms with Crippen molar-refractivity contribution in [1.29, 1.82) is 0 Å². The van der Waals surface area contributed by atoms with E-state index in [9.17, 15) is 0 Å². The van der Waals surface area contributed by atoms with E-state index in [1.54, 1.807) is 4.28 Å². The Kier molecular flexibility index (Phi) is 17.0. The van der Waals surface area contributed by atoms with Gasteiger partial charge in [0, 0.05) is 0 Å². The van der Waals surface area contributed by atoms with E-state index in [-0.39, 0.29) is 37.2 Å². The van der Waals surface area contributed by atoms with Crippen LogP contribution in [0.15, 0.2) is 22.5 Å². The molecular weight excluding hydrogens is 229 g/mol. The first-order valence-corrected chi connectivity index (χ1v) is 4.48. The smallest absolute Gasteiger partial charge is 1.00 e. The Morgan fingerprint density at radius 3 is 2.10 bits per heavy atom. The second-order valence-corrected chi connectivity index (χ2v) is 3.11. The molecule has 0 aromatic carbocycles. The zero-order valence-corrected chi connectivity index (χ0v) is 9.18. The molecule has 58 valence electrons. The quantitative estimate of drug-likeness (QED) is 0.425. The van der Waals surface area contributed by atoms with E-state index in [1.807, 2.05) is 0 Å².